The van der Waals surface area contributed by atoms with E-state index in [1.807, 2.05) is 49.4 Å². The third kappa shape index (κ3) is 5.09. The Morgan fingerprint density at radius 1 is 0.848 bits per heavy atom. The fourth-order valence-corrected chi connectivity index (χ4v) is 3.53. The van der Waals surface area contributed by atoms with E-state index in [-0.39, 0.29) is 17.9 Å². The Hall–Kier alpha value is -4.00. The molecule has 0 aliphatic carbocycles. The Labute approximate surface area is 193 Å². The van der Waals surface area contributed by atoms with Gasteiger partial charge in [0.05, 0.1) is 32.9 Å². The molecule has 0 aliphatic rings. The van der Waals surface area contributed by atoms with E-state index >= 15 is 0 Å². The van der Waals surface area contributed by atoms with Gasteiger partial charge in [-0.3, -0.25) is 9.59 Å². The monoisotopic (exact) mass is 448 g/mol. The molecule has 0 unspecified atom stereocenters. The lowest BCUT2D eigenvalue weighted by Crippen LogP contribution is -2.30. The summed E-state index contributed by atoms with van der Waals surface area (Å²) in [5.41, 5.74) is 2.45. The second kappa shape index (κ2) is 10.5. The fourth-order valence-electron chi connectivity index (χ4n) is 3.53. The Kier molecular flexibility index (Phi) is 7.56. The van der Waals surface area contributed by atoms with Crippen LogP contribution >= 0.6 is 0 Å². The summed E-state index contributed by atoms with van der Waals surface area (Å²) in [7, 11) is 6.22. The maximum Gasteiger partial charge on any atom is 0.258 e. The summed E-state index contributed by atoms with van der Waals surface area (Å²) in [4.78, 5) is 27.4. The largest absolute Gasteiger partial charge is 0.493 e. The molecule has 0 spiro atoms. The molecule has 0 saturated heterocycles. The van der Waals surface area contributed by atoms with E-state index < -0.39 is 0 Å². The minimum absolute atomic E-state index is 0.195. The summed E-state index contributed by atoms with van der Waals surface area (Å²) in [5, 5.41) is 2.91. The van der Waals surface area contributed by atoms with Gasteiger partial charge in [-0.1, -0.05) is 30.3 Å². The van der Waals surface area contributed by atoms with Crippen molar-refractivity contribution < 1.29 is 23.8 Å². The molecule has 1 N–H and O–H groups in total. The first-order valence-corrected chi connectivity index (χ1v) is 10.4. The molecule has 0 aliphatic heterocycles. The van der Waals surface area contributed by atoms with Crippen LogP contribution in [0.1, 0.15) is 39.2 Å². The van der Waals surface area contributed by atoms with E-state index in [0.717, 1.165) is 5.56 Å². The van der Waals surface area contributed by atoms with E-state index in [9.17, 15) is 9.59 Å². The predicted octanol–water partition coefficient (Wildman–Crippen LogP) is 4.80. The number of benzene rings is 3. The predicted molar refractivity (Wildman–Crippen MR) is 127 cm³/mol. The number of methoxy groups -OCH3 is 3. The fraction of sp³-hybridized carbons (Fsp3) is 0.231. The van der Waals surface area contributed by atoms with Gasteiger partial charge in [-0.2, -0.15) is 0 Å². The smallest absolute Gasteiger partial charge is 0.258 e. The SMILES string of the molecule is COc1ccc(C(=O)N(C)[C@H](C)c2cccc(NC(=O)c3ccccc3)c2)c(OC)c1OC. The number of amides is 2. The van der Waals surface area contributed by atoms with Crippen LogP contribution in [0, 0.1) is 0 Å². The Morgan fingerprint density at radius 2 is 1.55 bits per heavy atom. The Morgan fingerprint density at radius 3 is 2.18 bits per heavy atom. The van der Waals surface area contributed by atoms with Crippen molar-refractivity contribution in [3.63, 3.8) is 0 Å². The maximum absolute atomic E-state index is 13.3. The van der Waals surface area contributed by atoms with E-state index in [1.165, 1.54) is 21.3 Å². The molecule has 7 nitrogen and oxygen atoms in total. The van der Waals surface area contributed by atoms with Crippen molar-refractivity contribution >= 4 is 17.5 Å². The van der Waals surface area contributed by atoms with Crippen LogP contribution in [0.25, 0.3) is 0 Å². The quantitative estimate of drug-likeness (QED) is 0.536. The van der Waals surface area contributed by atoms with Crippen molar-refractivity contribution in [2.24, 2.45) is 0 Å². The summed E-state index contributed by atoms with van der Waals surface area (Å²) in [6, 6.07) is 19.5. The molecule has 3 aromatic carbocycles. The molecule has 1 atom stereocenters. The summed E-state index contributed by atoms with van der Waals surface area (Å²) in [6.07, 6.45) is 0. The number of rotatable bonds is 8. The van der Waals surface area contributed by atoms with Crippen LogP contribution < -0.4 is 19.5 Å². The lowest BCUT2D eigenvalue weighted by Gasteiger charge is -2.27. The number of carbonyl (C=O) groups excluding carboxylic acids is 2. The third-order valence-electron chi connectivity index (χ3n) is 5.50. The van der Waals surface area contributed by atoms with E-state index in [1.54, 1.807) is 36.2 Å². The highest BCUT2D eigenvalue weighted by molar-refractivity contribution is 6.04. The standard InChI is InChI=1S/C26H28N2O5/c1-17(19-12-9-13-20(16-19)27-25(29)18-10-7-6-8-11-18)28(2)26(30)21-14-15-22(31-3)24(33-5)23(21)32-4/h6-17H,1-5H3,(H,27,29)/t17-/m1/s1. The molecule has 0 fully saturated rings. The van der Waals surface area contributed by atoms with Crippen LogP contribution in [0.2, 0.25) is 0 Å². The van der Waals surface area contributed by atoms with Crippen LogP contribution in [-0.4, -0.2) is 45.1 Å². The molecule has 33 heavy (non-hydrogen) atoms. The average Bonchev–Trinajstić information content (AvgIpc) is 2.86. The molecular weight excluding hydrogens is 420 g/mol. The lowest BCUT2D eigenvalue weighted by atomic mass is 10.0. The number of nitrogens with zero attached hydrogens (tertiary/aromatic N) is 1. The summed E-state index contributed by atoms with van der Waals surface area (Å²) in [6.45, 7) is 1.92. The van der Waals surface area contributed by atoms with Crippen LogP contribution in [0.5, 0.6) is 17.2 Å². The molecule has 2 amide bonds. The van der Waals surface area contributed by atoms with Gasteiger partial charge in [0.25, 0.3) is 11.8 Å². The topological polar surface area (TPSA) is 77.1 Å². The van der Waals surface area contributed by atoms with E-state index in [0.29, 0.717) is 34.1 Å². The zero-order chi connectivity index (χ0) is 24.0. The van der Waals surface area contributed by atoms with E-state index in [4.69, 9.17) is 14.2 Å². The molecular formula is C26H28N2O5. The summed E-state index contributed by atoms with van der Waals surface area (Å²) >= 11 is 0. The number of hydrogen-bond acceptors (Lipinski definition) is 5. The number of nitrogens with one attached hydrogen (secondary N) is 1. The minimum atomic E-state index is -0.274. The molecule has 7 heteroatoms. The Balaban J connectivity index is 1.83. The normalized spacial score (nSPS) is 11.3. The van der Waals surface area contributed by atoms with Crippen LogP contribution in [0.3, 0.4) is 0 Å². The van der Waals surface area contributed by atoms with Crippen molar-refractivity contribution in [1.82, 2.24) is 4.90 Å². The lowest BCUT2D eigenvalue weighted by molar-refractivity contribution is 0.0738. The summed E-state index contributed by atoms with van der Waals surface area (Å²) < 4.78 is 16.2. The average molecular weight is 449 g/mol. The third-order valence-corrected chi connectivity index (χ3v) is 5.50. The number of carbonyl (C=O) groups is 2. The van der Waals surface area contributed by atoms with Gasteiger partial charge >= 0.3 is 0 Å². The number of anilines is 1. The van der Waals surface area contributed by atoms with Gasteiger partial charge in [-0.05, 0) is 48.9 Å². The second-order valence-electron chi connectivity index (χ2n) is 7.42. The Bertz CT molecular complexity index is 1130. The molecule has 0 heterocycles. The highest BCUT2D eigenvalue weighted by atomic mass is 16.5. The molecule has 0 saturated carbocycles. The summed E-state index contributed by atoms with van der Waals surface area (Å²) in [5.74, 6) is 0.713. The number of ether oxygens (including phenoxy) is 3. The van der Waals surface area contributed by atoms with Gasteiger partial charge in [-0.25, -0.2) is 0 Å². The number of hydrogen-bond donors (Lipinski definition) is 1. The first kappa shape index (κ1) is 23.7. The highest BCUT2D eigenvalue weighted by Gasteiger charge is 2.26. The van der Waals surface area contributed by atoms with Gasteiger partial charge in [0.15, 0.2) is 11.5 Å². The van der Waals surface area contributed by atoms with Crippen LogP contribution in [-0.2, 0) is 0 Å². The van der Waals surface area contributed by atoms with Crippen molar-refractivity contribution in [3.05, 3.63) is 83.4 Å². The first-order chi connectivity index (χ1) is 15.9. The van der Waals surface area contributed by atoms with Crippen molar-refractivity contribution in [2.75, 3.05) is 33.7 Å². The molecule has 3 aromatic rings. The van der Waals surface area contributed by atoms with E-state index in [2.05, 4.69) is 5.32 Å². The van der Waals surface area contributed by atoms with Crippen molar-refractivity contribution in [1.29, 1.82) is 0 Å². The van der Waals surface area contributed by atoms with Gasteiger partial charge < -0.3 is 24.4 Å². The van der Waals surface area contributed by atoms with Gasteiger partial charge in [0, 0.05) is 18.3 Å². The van der Waals surface area contributed by atoms with Gasteiger partial charge in [0.2, 0.25) is 5.75 Å². The molecule has 3 rings (SSSR count). The van der Waals surface area contributed by atoms with Gasteiger partial charge in [0.1, 0.15) is 0 Å². The van der Waals surface area contributed by atoms with Crippen LogP contribution in [0.15, 0.2) is 66.7 Å². The highest BCUT2D eigenvalue weighted by Crippen LogP contribution is 2.40. The molecule has 0 aromatic heterocycles. The zero-order valence-electron chi connectivity index (χ0n) is 19.4. The van der Waals surface area contributed by atoms with Gasteiger partial charge in [-0.15, -0.1) is 0 Å². The zero-order valence-corrected chi connectivity index (χ0v) is 19.4. The van der Waals surface area contributed by atoms with Crippen molar-refractivity contribution in [3.8, 4) is 17.2 Å². The first-order valence-electron chi connectivity index (χ1n) is 10.4. The molecule has 0 radical (unpaired) electrons. The maximum atomic E-state index is 13.3. The minimum Gasteiger partial charge on any atom is -0.493 e. The molecule has 172 valence electrons. The molecule has 0 bridgehead atoms. The second-order valence-corrected chi connectivity index (χ2v) is 7.42. The van der Waals surface area contributed by atoms with Crippen LogP contribution in [0.4, 0.5) is 5.69 Å². The van der Waals surface area contributed by atoms with Crippen molar-refractivity contribution in [2.45, 2.75) is 13.0 Å².